The van der Waals surface area contributed by atoms with Crippen molar-refractivity contribution in [1.82, 2.24) is 24.1 Å². The summed E-state index contributed by atoms with van der Waals surface area (Å²) in [6.07, 6.45) is 13.9. The number of nitrogens with zero attached hydrogens (tertiary/aromatic N) is 3. The maximum absolute atomic E-state index is 13.5. The first-order valence-corrected chi connectivity index (χ1v) is 17.9. The fourth-order valence-electron chi connectivity index (χ4n) is 8.39. The van der Waals surface area contributed by atoms with E-state index in [1.165, 1.54) is 26.1 Å². The molecule has 1 saturated heterocycles. The molecule has 12 heteroatoms. The standard InChI is InChI=1S/C34H43N5O6S/c1-37(2)46(43,44)36-31(40)22-11-13-25-28(17-22)39-20-34(35-32(41)33(42)38-15-7-8-16-38)19-27(34)26-18-23(45-3)12-14-24(26)30(39)29(25)21-9-5-4-6-10-21/h11-14,17-18,21,25,27-28H,4-10,15-16,19-20H2,1-3H3,(H,35,41)(H,36,40). The molecule has 1 aromatic carbocycles. The number of methoxy groups -OCH3 is 1. The van der Waals surface area contributed by atoms with Gasteiger partial charge in [0.1, 0.15) is 5.75 Å². The third-order valence-electron chi connectivity index (χ3n) is 10.9. The SMILES string of the molecule is COc1ccc2c(c1)C1CC1(NC(=O)C(=O)N1CCCC1)CN1C2=C(C2CCCCC2)C2C=CC(C(=O)NS(=O)(=O)N(C)C)=CC21. The second kappa shape index (κ2) is 11.6. The molecule has 246 valence electrons. The number of fused-ring (bicyclic) bond motifs is 7. The molecule has 2 saturated carbocycles. The normalized spacial score (nSPS) is 28.5. The van der Waals surface area contributed by atoms with Gasteiger partial charge in [0.25, 0.3) is 5.91 Å². The molecule has 1 aromatic rings. The Labute approximate surface area is 270 Å². The van der Waals surface area contributed by atoms with Gasteiger partial charge >= 0.3 is 22.0 Å². The maximum Gasteiger partial charge on any atom is 0.311 e. The van der Waals surface area contributed by atoms with Crippen molar-refractivity contribution in [3.05, 3.63) is 58.7 Å². The van der Waals surface area contributed by atoms with E-state index in [0.29, 0.717) is 32.0 Å². The summed E-state index contributed by atoms with van der Waals surface area (Å²) in [6.45, 7) is 1.67. The minimum Gasteiger partial charge on any atom is -0.497 e. The average Bonchev–Trinajstić information content (AvgIpc) is 3.35. The van der Waals surface area contributed by atoms with Crippen LogP contribution in [0.15, 0.2) is 47.6 Å². The van der Waals surface area contributed by atoms with E-state index in [-0.39, 0.29) is 23.5 Å². The predicted molar refractivity (Wildman–Crippen MR) is 172 cm³/mol. The van der Waals surface area contributed by atoms with Gasteiger partial charge in [-0.2, -0.15) is 12.7 Å². The summed E-state index contributed by atoms with van der Waals surface area (Å²) < 4.78 is 33.8. The Kier molecular flexibility index (Phi) is 7.78. The lowest BCUT2D eigenvalue weighted by Crippen LogP contribution is -2.52. The molecule has 0 bridgehead atoms. The van der Waals surface area contributed by atoms with Gasteiger partial charge in [-0.1, -0.05) is 31.4 Å². The second-order valence-corrected chi connectivity index (χ2v) is 15.7. The van der Waals surface area contributed by atoms with Crippen LogP contribution in [0.1, 0.15) is 68.4 Å². The molecule has 3 aliphatic carbocycles. The third kappa shape index (κ3) is 5.23. The van der Waals surface area contributed by atoms with Crippen LogP contribution in [0.5, 0.6) is 5.75 Å². The first-order chi connectivity index (χ1) is 22.0. The zero-order valence-corrected chi connectivity index (χ0v) is 27.6. The summed E-state index contributed by atoms with van der Waals surface area (Å²) in [7, 11) is 0.423. The highest BCUT2D eigenvalue weighted by atomic mass is 32.2. The summed E-state index contributed by atoms with van der Waals surface area (Å²) in [4.78, 5) is 43.9. The number of carbonyl (C=O) groups is 3. The average molecular weight is 650 g/mol. The van der Waals surface area contributed by atoms with Crippen molar-refractivity contribution in [2.75, 3.05) is 40.8 Å². The van der Waals surface area contributed by atoms with Gasteiger partial charge in [-0.25, -0.2) is 4.72 Å². The number of rotatable bonds is 6. The van der Waals surface area contributed by atoms with E-state index in [0.717, 1.165) is 65.4 Å². The Bertz CT molecular complexity index is 1670. The van der Waals surface area contributed by atoms with Gasteiger partial charge < -0.3 is 19.9 Å². The van der Waals surface area contributed by atoms with Crippen LogP contribution >= 0.6 is 0 Å². The van der Waals surface area contributed by atoms with Gasteiger partial charge in [0.2, 0.25) is 0 Å². The van der Waals surface area contributed by atoms with Gasteiger partial charge in [0.15, 0.2) is 0 Å². The number of carbonyl (C=O) groups excluding carboxylic acids is 3. The number of ether oxygens (including phenoxy) is 1. The molecule has 3 amide bonds. The molecule has 3 heterocycles. The minimum absolute atomic E-state index is 0.00630. The van der Waals surface area contributed by atoms with Gasteiger partial charge in [0.05, 0.1) is 18.7 Å². The first-order valence-electron chi connectivity index (χ1n) is 16.5. The van der Waals surface area contributed by atoms with Crippen molar-refractivity contribution in [3.8, 4) is 5.75 Å². The highest BCUT2D eigenvalue weighted by molar-refractivity contribution is 7.87. The molecule has 3 fully saturated rings. The van der Waals surface area contributed by atoms with Crippen molar-refractivity contribution < 1.29 is 27.5 Å². The van der Waals surface area contributed by atoms with Gasteiger partial charge in [-0.05, 0) is 73.4 Å². The number of amides is 3. The lowest BCUT2D eigenvalue weighted by atomic mass is 9.75. The molecule has 7 rings (SSSR count). The van der Waals surface area contributed by atoms with E-state index in [4.69, 9.17) is 4.74 Å². The zero-order valence-electron chi connectivity index (χ0n) is 26.8. The van der Waals surface area contributed by atoms with Crippen molar-refractivity contribution in [2.45, 2.75) is 68.9 Å². The van der Waals surface area contributed by atoms with Crippen LogP contribution in [0.25, 0.3) is 5.70 Å². The Morgan fingerprint density at radius 1 is 1.04 bits per heavy atom. The Morgan fingerprint density at radius 2 is 1.78 bits per heavy atom. The van der Waals surface area contributed by atoms with Crippen LogP contribution in [-0.4, -0.2) is 92.7 Å². The minimum atomic E-state index is -3.97. The van der Waals surface area contributed by atoms with E-state index in [1.54, 1.807) is 18.1 Å². The Balaban J connectivity index is 1.31. The highest BCUT2D eigenvalue weighted by Gasteiger charge is 2.62. The zero-order chi connectivity index (χ0) is 32.4. The molecule has 0 radical (unpaired) electrons. The van der Waals surface area contributed by atoms with Crippen LogP contribution < -0.4 is 14.8 Å². The van der Waals surface area contributed by atoms with Gasteiger partial charge in [-0.3, -0.25) is 14.4 Å². The number of benzene rings is 1. The van der Waals surface area contributed by atoms with Crippen LogP contribution in [0.4, 0.5) is 0 Å². The summed E-state index contributed by atoms with van der Waals surface area (Å²) in [5.74, 6) is -0.638. The van der Waals surface area contributed by atoms with Crippen molar-refractivity contribution in [2.24, 2.45) is 11.8 Å². The number of hydrogen-bond donors (Lipinski definition) is 2. The third-order valence-corrected chi connectivity index (χ3v) is 12.3. The Morgan fingerprint density at radius 3 is 2.48 bits per heavy atom. The van der Waals surface area contributed by atoms with Crippen molar-refractivity contribution >= 4 is 33.6 Å². The Hall–Kier alpha value is -3.64. The van der Waals surface area contributed by atoms with Gasteiger partial charge in [0, 0.05) is 62.4 Å². The molecule has 4 atom stereocenters. The maximum atomic E-state index is 13.5. The molecule has 46 heavy (non-hydrogen) atoms. The molecule has 2 N–H and O–H groups in total. The smallest absolute Gasteiger partial charge is 0.311 e. The van der Waals surface area contributed by atoms with E-state index in [2.05, 4.69) is 33.1 Å². The predicted octanol–water partition coefficient (Wildman–Crippen LogP) is 2.68. The number of nitrogens with one attached hydrogen (secondary N) is 2. The number of likely N-dealkylation sites (tertiary alicyclic amines) is 1. The van der Waals surface area contributed by atoms with E-state index in [1.807, 2.05) is 12.1 Å². The highest BCUT2D eigenvalue weighted by Crippen LogP contribution is 2.61. The molecule has 4 unspecified atom stereocenters. The van der Waals surface area contributed by atoms with E-state index >= 15 is 0 Å². The van der Waals surface area contributed by atoms with Crippen LogP contribution in [-0.2, 0) is 24.6 Å². The fraction of sp³-hybridized carbons (Fsp3) is 0.559. The topological polar surface area (TPSA) is 128 Å². The lowest BCUT2D eigenvalue weighted by molar-refractivity contribution is -0.145. The monoisotopic (exact) mass is 649 g/mol. The van der Waals surface area contributed by atoms with Crippen molar-refractivity contribution in [3.63, 3.8) is 0 Å². The molecular weight excluding hydrogens is 606 g/mol. The molecule has 11 nitrogen and oxygen atoms in total. The van der Waals surface area contributed by atoms with Crippen LogP contribution in [0.2, 0.25) is 0 Å². The van der Waals surface area contributed by atoms with Crippen LogP contribution in [0.3, 0.4) is 0 Å². The molecule has 3 aliphatic heterocycles. The summed E-state index contributed by atoms with van der Waals surface area (Å²) >= 11 is 0. The van der Waals surface area contributed by atoms with E-state index < -0.39 is 33.5 Å². The summed E-state index contributed by atoms with van der Waals surface area (Å²) in [6, 6.07) is 5.92. The van der Waals surface area contributed by atoms with Gasteiger partial charge in [-0.15, -0.1) is 0 Å². The summed E-state index contributed by atoms with van der Waals surface area (Å²) in [5, 5.41) is 3.21. The largest absolute Gasteiger partial charge is 0.497 e. The molecule has 0 spiro atoms. The lowest BCUT2D eigenvalue weighted by Gasteiger charge is -2.34. The van der Waals surface area contributed by atoms with Crippen molar-refractivity contribution in [1.29, 1.82) is 0 Å². The molecule has 0 aromatic heterocycles. The first kappa shape index (κ1) is 31.0. The fourth-order valence-corrected chi connectivity index (χ4v) is 8.92. The number of hydrogen-bond acceptors (Lipinski definition) is 7. The molecule has 6 aliphatic rings. The van der Waals surface area contributed by atoms with E-state index in [9.17, 15) is 22.8 Å². The summed E-state index contributed by atoms with van der Waals surface area (Å²) in [5.41, 5.74) is 4.29. The van der Waals surface area contributed by atoms with Crippen LogP contribution in [0, 0.1) is 11.8 Å². The molecular formula is C34H43N5O6S. The second-order valence-electron chi connectivity index (χ2n) is 13.8. The quantitative estimate of drug-likeness (QED) is 0.454.